The van der Waals surface area contributed by atoms with E-state index >= 15 is 0 Å². The number of aromatic nitrogens is 2. The average Bonchev–Trinajstić information content (AvgIpc) is 2.64. The van der Waals surface area contributed by atoms with Gasteiger partial charge in [-0.15, -0.1) is 11.8 Å². The molecule has 0 radical (unpaired) electrons. The molecule has 27 heavy (non-hydrogen) atoms. The van der Waals surface area contributed by atoms with Crippen molar-refractivity contribution in [3.05, 3.63) is 47.0 Å². The van der Waals surface area contributed by atoms with Gasteiger partial charge in [-0.2, -0.15) is 4.31 Å². The van der Waals surface area contributed by atoms with Gasteiger partial charge in [0, 0.05) is 25.4 Å². The second kappa shape index (κ2) is 9.16. The third-order valence-corrected chi connectivity index (χ3v) is 6.54. The summed E-state index contributed by atoms with van der Waals surface area (Å²) >= 11 is 1.48. The lowest BCUT2D eigenvalue weighted by molar-refractivity contribution is -0.116. The van der Waals surface area contributed by atoms with E-state index < -0.39 is 21.5 Å². The number of pyridine rings is 2. The summed E-state index contributed by atoms with van der Waals surface area (Å²) in [7, 11) is -3.71. The molecule has 0 saturated carbocycles. The molecular formula is C17H22N4O4S2. The van der Waals surface area contributed by atoms with E-state index in [1.807, 2.05) is 6.26 Å². The standard InChI is InChI=1S/C17H22N4O4S2/c1-4-21(5-2)27(24,25)14-7-9-17(23)20(11-14)12-15(22)19-13-6-8-16(26-3)18-10-13/h6-11H,4-5,12H2,1-3H3,(H,19,22). The molecule has 0 aromatic carbocycles. The van der Waals surface area contributed by atoms with E-state index in [0.29, 0.717) is 18.8 Å². The third-order valence-electron chi connectivity index (χ3n) is 3.84. The van der Waals surface area contributed by atoms with Crippen LogP contribution in [0.25, 0.3) is 0 Å². The Morgan fingerprint density at radius 1 is 1.22 bits per heavy atom. The highest BCUT2D eigenvalue weighted by Gasteiger charge is 2.22. The summed E-state index contributed by atoms with van der Waals surface area (Å²) in [6.45, 7) is 3.81. The molecule has 0 unspecified atom stereocenters. The molecule has 0 spiro atoms. The van der Waals surface area contributed by atoms with Crippen molar-refractivity contribution in [3.63, 3.8) is 0 Å². The molecule has 0 aliphatic carbocycles. The Morgan fingerprint density at radius 2 is 1.93 bits per heavy atom. The third kappa shape index (κ3) is 5.18. The highest BCUT2D eigenvalue weighted by molar-refractivity contribution is 7.98. The van der Waals surface area contributed by atoms with Crippen LogP contribution < -0.4 is 10.9 Å². The van der Waals surface area contributed by atoms with Gasteiger partial charge in [-0.25, -0.2) is 13.4 Å². The Hall–Kier alpha value is -2.17. The van der Waals surface area contributed by atoms with Gasteiger partial charge in [-0.3, -0.25) is 9.59 Å². The predicted molar refractivity (Wildman–Crippen MR) is 105 cm³/mol. The number of rotatable bonds is 8. The topological polar surface area (TPSA) is 101 Å². The second-order valence-electron chi connectivity index (χ2n) is 5.56. The van der Waals surface area contributed by atoms with Crippen molar-refractivity contribution >= 4 is 33.4 Å². The Morgan fingerprint density at radius 3 is 2.48 bits per heavy atom. The number of carbonyl (C=O) groups excluding carboxylic acids is 1. The number of amides is 1. The summed E-state index contributed by atoms with van der Waals surface area (Å²) < 4.78 is 27.6. The van der Waals surface area contributed by atoms with Crippen LogP contribution in [0.5, 0.6) is 0 Å². The van der Waals surface area contributed by atoms with Crippen LogP contribution in [-0.2, 0) is 21.4 Å². The molecular weight excluding hydrogens is 388 g/mol. The number of carbonyl (C=O) groups is 1. The van der Waals surface area contributed by atoms with Crippen LogP contribution in [-0.4, -0.2) is 47.5 Å². The number of hydrogen-bond acceptors (Lipinski definition) is 6. The first-order chi connectivity index (χ1) is 12.8. The molecule has 2 aromatic rings. The SMILES string of the molecule is CCN(CC)S(=O)(=O)c1ccc(=O)n(CC(=O)Nc2ccc(SC)nc2)c1. The second-order valence-corrected chi connectivity index (χ2v) is 8.32. The van der Waals surface area contributed by atoms with Crippen LogP contribution in [0.15, 0.2) is 51.4 Å². The Kier molecular flexibility index (Phi) is 7.17. The van der Waals surface area contributed by atoms with Crippen molar-refractivity contribution in [3.8, 4) is 0 Å². The van der Waals surface area contributed by atoms with Crippen molar-refractivity contribution in [2.75, 3.05) is 24.7 Å². The van der Waals surface area contributed by atoms with E-state index in [9.17, 15) is 18.0 Å². The zero-order chi connectivity index (χ0) is 20.0. The fourth-order valence-electron chi connectivity index (χ4n) is 2.43. The smallest absolute Gasteiger partial charge is 0.251 e. The van der Waals surface area contributed by atoms with Crippen molar-refractivity contribution < 1.29 is 13.2 Å². The van der Waals surface area contributed by atoms with E-state index in [1.54, 1.807) is 26.0 Å². The van der Waals surface area contributed by atoms with Crippen molar-refractivity contribution in [1.82, 2.24) is 13.9 Å². The molecule has 1 amide bonds. The number of thioether (sulfide) groups is 1. The van der Waals surface area contributed by atoms with E-state index in [2.05, 4.69) is 10.3 Å². The van der Waals surface area contributed by atoms with Gasteiger partial charge in [0.05, 0.1) is 21.8 Å². The lowest BCUT2D eigenvalue weighted by Gasteiger charge is -2.19. The van der Waals surface area contributed by atoms with Crippen molar-refractivity contribution in [2.24, 2.45) is 0 Å². The molecule has 146 valence electrons. The molecule has 2 rings (SSSR count). The van der Waals surface area contributed by atoms with Gasteiger partial charge in [0.2, 0.25) is 15.9 Å². The maximum atomic E-state index is 12.6. The predicted octanol–water partition coefficient (Wildman–Crippen LogP) is 1.63. The van der Waals surface area contributed by atoms with Crippen LogP contribution in [0, 0.1) is 0 Å². The van der Waals surface area contributed by atoms with E-state index in [-0.39, 0.29) is 11.4 Å². The Bertz CT molecular complexity index is 952. The zero-order valence-electron chi connectivity index (χ0n) is 15.4. The van der Waals surface area contributed by atoms with E-state index in [0.717, 1.165) is 15.7 Å². The maximum Gasteiger partial charge on any atom is 0.251 e. The summed E-state index contributed by atoms with van der Waals surface area (Å²) in [5.41, 5.74) is 0.0391. The highest BCUT2D eigenvalue weighted by atomic mass is 32.2. The zero-order valence-corrected chi connectivity index (χ0v) is 17.0. The van der Waals surface area contributed by atoms with Crippen molar-refractivity contribution in [1.29, 1.82) is 0 Å². The maximum absolute atomic E-state index is 12.6. The summed E-state index contributed by atoms with van der Waals surface area (Å²) in [5.74, 6) is -0.451. The molecule has 2 heterocycles. The molecule has 2 aromatic heterocycles. The van der Waals surface area contributed by atoms with Crippen LogP contribution >= 0.6 is 11.8 Å². The van der Waals surface area contributed by atoms with Gasteiger partial charge in [-0.1, -0.05) is 13.8 Å². The van der Waals surface area contributed by atoms with Gasteiger partial charge in [0.1, 0.15) is 6.54 Å². The van der Waals surface area contributed by atoms with Crippen LogP contribution in [0.4, 0.5) is 5.69 Å². The van der Waals surface area contributed by atoms with Gasteiger partial charge < -0.3 is 9.88 Å². The summed E-state index contributed by atoms with van der Waals surface area (Å²) in [6.07, 6.45) is 4.62. The quantitative estimate of drug-likeness (QED) is 0.664. The minimum atomic E-state index is -3.71. The lowest BCUT2D eigenvalue weighted by atomic mass is 10.4. The van der Waals surface area contributed by atoms with Gasteiger partial charge in [0.15, 0.2) is 0 Å². The van der Waals surface area contributed by atoms with Crippen molar-refractivity contribution in [2.45, 2.75) is 30.3 Å². The fraction of sp³-hybridized carbons (Fsp3) is 0.353. The molecule has 0 atom stereocenters. The first kappa shape index (κ1) is 21.1. The minimum absolute atomic E-state index is 0.0235. The van der Waals surface area contributed by atoms with Gasteiger partial charge in [0.25, 0.3) is 5.56 Å². The molecule has 10 heteroatoms. The first-order valence-electron chi connectivity index (χ1n) is 8.32. The van der Waals surface area contributed by atoms with Crippen LogP contribution in [0.2, 0.25) is 0 Å². The fourth-order valence-corrected chi connectivity index (χ4v) is 4.27. The first-order valence-corrected chi connectivity index (χ1v) is 11.0. The Balaban J connectivity index is 2.20. The lowest BCUT2D eigenvalue weighted by Crippen LogP contribution is -2.33. The number of hydrogen-bond donors (Lipinski definition) is 1. The minimum Gasteiger partial charge on any atom is -0.323 e. The molecule has 0 saturated heterocycles. The molecule has 0 aliphatic rings. The number of nitrogens with one attached hydrogen (secondary N) is 1. The largest absolute Gasteiger partial charge is 0.323 e. The number of anilines is 1. The average molecular weight is 411 g/mol. The summed E-state index contributed by atoms with van der Waals surface area (Å²) in [5, 5.41) is 3.46. The highest BCUT2D eigenvalue weighted by Crippen LogP contribution is 2.15. The van der Waals surface area contributed by atoms with Crippen LogP contribution in [0.3, 0.4) is 0 Å². The normalized spacial score (nSPS) is 11.6. The molecule has 1 N–H and O–H groups in total. The summed E-state index contributed by atoms with van der Waals surface area (Å²) in [6, 6.07) is 5.89. The van der Waals surface area contributed by atoms with Gasteiger partial charge >= 0.3 is 0 Å². The van der Waals surface area contributed by atoms with Crippen LogP contribution in [0.1, 0.15) is 13.8 Å². The van der Waals surface area contributed by atoms with E-state index in [1.165, 1.54) is 34.5 Å². The number of sulfonamides is 1. The summed E-state index contributed by atoms with van der Waals surface area (Å²) in [4.78, 5) is 28.4. The molecule has 0 bridgehead atoms. The molecule has 8 nitrogen and oxygen atoms in total. The number of nitrogens with zero attached hydrogens (tertiary/aromatic N) is 3. The van der Waals surface area contributed by atoms with Gasteiger partial charge in [-0.05, 0) is 24.5 Å². The van der Waals surface area contributed by atoms with E-state index in [4.69, 9.17) is 0 Å². The molecule has 0 aliphatic heterocycles. The Labute approximate surface area is 162 Å². The monoisotopic (exact) mass is 410 g/mol. The molecule has 0 fully saturated rings.